The van der Waals surface area contributed by atoms with Gasteiger partial charge in [0.2, 0.25) is 11.8 Å². The Kier molecular flexibility index (Phi) is 10.1. The van der Waals surface area contributed by atoms with Crippen LogP contribution >= 0.6 is 0 Å². The van der Waals surface area contributed by atoms with Gasteiger partial charge in [-0.1, -0.05) is 31.2 Å². The lowest BCUT2D eigenvalue weighted by Crippen LogP contribution is -2.33. The van der Waals surface area contributed by atoms with E-state index in [-0.39, 0.29) is 40.8 Å². The Morgan fingerprint density at radius 1 is 1.15 bits per heavy atom. The van der Waals surface area contributed by atoms with Gasteiger partial charge < -0.3 is 20.1 Å². The summed E-state index contributed by atoms with van der Waals surface area (Å²) >= 11 is 0. The number of hydrogen-bond donors (Lipinski definition) is 2. The maximum absolute atomic E-state index is 13.2. The molecule has 0 aliphatic rings. The van der Waals surface area contributed by atoms with E-state index in [1.54, 1.807) is 29.2 Å². The molecule has 0 aliphatic carbocycles. The van der Waals surface area contributed by atoms with Crippen LogP contribution in [0.15, 0.2) is 41.6 Å². The second kappa shape index (κ2) is 13.3. The van der Waals surface area contributed by atoms with Crippen molar-refractivity contribution in [2.75, 3.05) is 30.4 Å². The molecule has 0 radical (unpaired) electrons. The van der Waals surface area contributed by atoms with E-state index in [2.05, 4.69) is 20.3 Å². The summed E-state index contributed by atoms with van der Waals surface area (Å²) in [6, 6.07) is 5.34. The Bertz CT molecular complexity index is 1360. The number of rotatable bonds is 13. The number of carbonyl (C=O) groups is 1. The van der Waals surface area contributed by atoms with Crippen LogP contribution in [-0.4, -0.2) is 63.0 Å². The second-order valence-corrected chi connectivity index (χ2v) is 9.07. The molecule has 3 aromatic rings. The second-order valence-electron chi connectivity index (χ2n) is 9.07. The fourth-order valence-electron chi connectivity index (χ4n) is 4.21. The normalized spacial score (nSPS) is 12.2. The van der Waals surface area contributed by atoms with Gasteiger partial charge in [-0.3, -0.25) is 9.36 Å². The summed E-state index contributed by atoms with van der Waals surface area (Å²) in [7, 11) is 1.42. The van der Waals surface area contributed by atoms with E-state index in [1.807, 2.05) is 20.8 Å². The quantitative estimate of drug-likeness (QED) is 0.316. The maximum Gasteiger partial charge on any atom is 0.393 e. The van der Waals surface area contributed by atoms with Crippen molar-refractivity contribution in [2.24, 2.45) is 0 Å². The third kappa shape index (κ3) is 7.48. The minimum absolute atomic E-state index is 0.0596. The van der Waals surface area contributed by atoms with E-state index in [4.69, 9.17) is 4.74 Å². The number of aromatic nitrogens is 4. The zero-order chi connectivity index (χ0) is 29.4. The van der Waals surface area contributed by atoms with E-state index in [0.717, 1.165) is 12.6 Å². The first-order valence-electron chi connectivity index (χ1n) is 12.9. The number of ether oxygens (including phenoxy) is 1. The molecule has 1 atom stereocenters. The van der Waals surface area contributed by atoms with Crippen molar-refractivity contribution < 1.29 is 27.8 Å². The monoisotopic (exact) mass is 562 g/mol. The molecule has 0 bridgehead atoms. The predicted octanol–water partition coefficient (Wildman–Crippen LogP) is 4.18. The summed E-state index contributed by atoms with van der Waals surface area (Å²) in [5.41, 5.74) is 0.874. The number of halogens is 3. The number of aryl methyl sites for hydroxylation is 1. The minimum atomic E-state index is -4.53. The number of anilines is 2. The zero-order valence-corrected chi connectivity index (χ0v) is 22.8. The number of alkyl halides is 3. The number of methoxy groups -OCH3 is 1. The maximum atomic E-state index is 13.2. The first kappa shape index (κ1) is 30.4. The molecule has 0 fully saturated rings. The Balaban J connectivity index is 1.92. The summed E-state index contributed by atoms with van der Waals surface area (Å²) in [4.78, 5) is 39.4. The lowest BCUT2D eigenvalue weighted by atomic mass is 10.0. The van der Waals surface area contributed by atoms with Gasteiger partial charge >= 0.3 is 12.1 Å². The van der Waals surface area contributed by atoms with Crippen LogP contribution in [0.2, 0.25) is 0 Å². The van der Waals surface area contributed by atoms with Gasteiger partial charge in [0.15, 0.2) is 0 Å². The van der Waals surface area contributed by atoms with Crippen LogP contribution in [0.3, 0.4) is 0 Å². The smallest absolute Gasteiger partial charge is 0.393 e. The fourth-order valence-corrected chi connectivity index (χ4v) is 4.21. The molecule has 1 aromatic carbocycles. The van der Waals surface area contributed by atoms with Gasteiger partial charge in [0.1, 0.15) is 23.8 Å². The SMILES string of the molecule is CCCn1cnc(OC)c(-c2ccc(CC(Nc3nc(N(CC)CC)ncc3CC(F)(F)F)C(=O)O)cc2)c1=O. The average Bonchev–Trinajstić information content (AvgIpc) is 2.91. The van der Waals surface area contributed by atoms with Crippen LogP contribution in [0, 0.1) is 0 Å². The summed E-state index contributed by atoms with van der Waals surface area (Å²) in [6.07, 6.45) is -2.65. The molecule has 3 rings (SSSR count). The van der Waals surface area contributed by atoms with E-state index >= 15 is 0 Å². The van der Waals surface area contributed by atoms with Crippen LogP contribution in [0.1, 0.15) is 38.3 Å². The van der Waals surface area contributed by atoms with Gasteiger partial charge in [-0.25, -0.2) is 14.8 Å². The van der Waals surface area contributed by atoms with Crippen LogP contribution in [-0.2, 0) is 24.2 Å². The van der Waals surface area contributed by atoms with E-state index < -0.39 is 24.6 Å². The number of aliphatic carboxylic acids is 1. The van der Waals surface area contributed by atoms with Crippen LogP contribution in [0.25, 0.3) is 11.1 Å². The predicted molar refractivity (Wildman–Crippen MR) is 145 cm³/mol. The van der Waals surface area contributed by atoms with Crippen molar-refractivity contribution in [3.63, 3.8) is 0 Å². The molecule has 1 unspecified atom stereocenters. The van der Waals surface area contributed by atoms with Crippen molar-refractivity contribution in [1.82, 2.24) is 19.5 Å². The van der Waals surface area contributed by atoms with Crippen molar-refractivity contribution in [3.05, 3.63) is 58.3 Å². The third-order valence-electron chi connectivity index (χ3n) is 6.24. The number of nitrogens with zero attached hydrogens (tertiary/aromatic N) is 5. The molecule has 13 heteroatoms. The highest BCUT2D eigenvalue weighted by molar-refractivity contribution is 5.78. The molecule has 2 aromatic heterocycles. The highest BCUT2D eigenvalue weighted by Crippen LogP contribution is 2.28. The van der Waals surface area contributed by atoms with Gasteiger partial charge in [0.25, 0.3) is 5.56 Å². The molecule has 40 heavy (non-hydrogen) atoms. The van der Waals surface area contributed by atoms with E-state index in [9.17, 15) is 27.9 Å². The Morgan fingerprint density at radius 2 is 1.82 bits per heavy atom. The van der Waals surface area contributed by atoms with Crippen LogP contribution < -0.4 is 20.5 Å². The number of hydrogen-bond acceptors (Lipinski definition) is 8. The number of benzene rings is 1. The molecule has 10 nitrogen and oxygen atoms in total. The highest BCUT2D eigenvalue weighted by Gasteiger charge is 2.31. The molecular formula is C27H33F3N6O4. The average molecular weight is 563 g/mol. The van der Waals surface area contributed by atoms with Crippen molar-refractivity contribution in [2.45, 2.75) is 58.8 Å². The van der Waals surface area contributed by atoms with Gasteiger partial charge in [-0.05, 0) is 31.4 Å². The molecule has 0 amide bonds. The largest absolute Gasteiger partial charge is 0.480 e. The number of carboxylic acids is 1. The summed E-state index contributed by atoms with van der Waals surface area (Å²) in [5.74, 6) is -1.08. The molecular weight excluding hydrogens is 529 g/mol. The highest BCUT2D eigenvalue weighted by atomic mass is 19.4. The first-order valence-corrected chi connectivity index (χ1v) is 12.9. The molecule has 0 saturated heterocycles. The number of carboxylic acid groups (broad SMARTS) is 1. The number of nitrogens with one attached hydrogen (secondary N) is 1. The molecule has 0 saturated carbocycles. The Morgan fingerprint density at radius 3 is 2.38 bits per heavy atom. The van der Waals surface area contributed by atoms with Gasteiger partial charge in [-0.15, -0.1) is 0 Å². The molecule has 2 heterocycles. The fraction of sp³-hybridized carbons (Fsp3) is 0.444. The van der Waals surface area contributed by atoms with Crippen molar-refractivity contribution in [1.29, 1.82) is 0 Å². The topological polar surface area (TPSA) is 122 Å². The Hall–Kier alpha value is -4.16. The Labute approximate surface area is 229 Å². The summed E-state index contributed by atoms with van der Waals surface area (Å²) < 4.78 is 46.5. The lowest BCUT2D eigenvalue weighted by Gasteiger charge is -2.22. The van der Waals surface area contributed by atoms with E-state index in [0.29, 0.717) is 30.8 Å². The molecule has 2 N–H and O–H groups in total. The first-order chi connectivity index (χ1) is 19.0. The standard InChI is InChI=1S/C27H33F3N6O4/c1-5-12-36-16-32-23(40-4)21(24(36)37)18-10-8-17(9-11-18)13-20(25(38)39)33-22-19(14-27(28,29)30)15-31-26(34-22)35(6-2)7-3/h8-11,15-16,20H,5-7,12-14H2,1-4H3,(H,38,39)(H,31,33,34). The molecule has 0 aliphatic heterocycles. The van der Waals surface area contributed by atoms with Crippen molar-refractivity contribution >= 4 is 17.7 Å². The van der Waals surface area contributed by atoms with Gasteiger partial charge in [0, 0.05) is 37.8 Å². The van der Waals surface area contributed by atoms with Crippen LogP contribution in [0.4, 0.5) is 24.9 Å². The summed E-state index contributed by atoms with van der Waals surface area (Å²) in [6.45, 7) is 7.18. The molecule has 216 valence electrons. The summed E-state index contributed by atoms with van der Waals surface area (Å²) in [5, 5.41) is 12.6. The van der Waals surface area contributed by atoms with E-state index in [1.165, 1.54) is 18.0 Å². The lowest BCUT2D eigenvalue weighted by molar-refractivity contribution is -0.137. The van der Waals surface area contributed by atoms with Gasteiger partial charge in [-0.2, -0.15) is 18.2 Å². The third-order valence-corrected chi connectivity index (χ3v) is 6.24. The molecule has 0 spiro atoms. The van der Waals surface area contributed by atoms with Crippen molar-refractivity contribution in [3.8, 4) is 17.0 Å². The minimum Gasteiger partial charge on any atom is -0.480 e. The van der Waals surface area contributed by atoms with Gasteiger partial charge in [0.05, 0.1) is 13.5 Å². The zero-order valence-electron chi connectivity index (χ0n) is 22.8. The van der Waals surface area contributed by atoms with Crippen LogP contribution in [0.5, 0.6) is 5.88 Å².